The lowest BCUT2D eigenvalue weighted by Gasteiger charge is -2.39. The summed E-state index contributed by atoms with van der Waals surface area (Å²) in [5, 5.41) is 14.7. The maximum atomic E-state index is 9.91. The van der Waals surface area contributed by atoms with E-state index in [0.29, 0.717) is 17.8 Å². The second-order valence-corrected chi connectivity index (χ2v) is 12.8. The van der Waals surface area contributed by atoms with Crippen LogP contribution < -0.4 is 4.90 Å². The van der Waals surface area contributed by atoms with Crippen LogP contribution in [-0.4, -0.2) is 0 Å². The van der Waals surface area contributed by atoms with Crippen molar-refractivity contribution < 1.29 is 4.74 Å². The zero-order valence-electron chi connectivity index (χ0n) is 28.4. The fourth-order valence-electron chi connectivity index (χ4n) is 7.06. The van der Waals surface area contributed by atoms with Crippen LogP contribution in [0, 0.1) is 17.9 Å². The highest BCUT2D eigenvalue weighted by Gasteiger charge is 2.40. The molecule has 1 aliphatic heterocycles. The van der Waals surface area contributed by atoms with Crippen molar-refractivity contribution in [1.82, 2.24) is 0 Å². The first-order chi connectivity index (χ1) is 25.6. The first kappa shape index (κ1) is 32.1. The van der Waals surface area contributed by atoms with Crippen molar-refractivity contribution in [2.45, 2.75) is 12.0 Å². The summed E-state index contributed by atoms with van der Waals surface area (Å²) in [5.74, 6) is 0.573. The Labute approximate surface area is 303 Å². The molecule has 0 radical (unpaired) electrons. The molecule has 4 heteroatoms. The van der Waals surface area contributed by atoms with E-state index in [4.69, 9.17) is 11.3 Å². The van der Waals surface area contributed by atoms with E-state index >= 15 is 0 Å². The number of nitrogens with zero attached hydrogens (tertiary/aromatic N) is 3. The van der Waals surface area contributed by atoms with Gasteiger partial charge in [0.05, 0.1) is 12.6 Å². The molecule has 52 heavy (non-hydrogen) atoms. The molecule has 0 bridgehead atoms. The minimum absolute atomic E-state index is 0.0669. The van der Waals surface area contributed by atoms with Gasteiger partial charge in [-0.2, -0.15) is 0 Å². The van der Waals surface area contributed by atoms with Gasteiger partial charge < -0.3 is 9.64 Å². The quantitative estimate of drug-likeness (QED) is 0.125. The van der Waals surface area contributed by atoms with E-state index in [0.717, 1.165) is 33.8 Å². The fourth-order valence-corrected chi connectivity index (χ4v) is 7.06. The van der Waals surface area contributed by atoms with Crippen LogP contribution in [0.4, 0.5) is 17.1 Å². The lowest BCUT2D eigenvalue weighted by atomic mass is 9.79. The number of hydrogen-bond acceptors (Lipinski definition) is 3. The summed E-state index contributed by atoms with van der Waals surface area (Å²) in [5.41, 5.74) is 5.86. The predicted molar refractivity (Wildman–Crippen MR) is 212 cm³/mol. The first-order valence-corrected chi connectivity index (χ1v) is 17.2. The van der Waals surface area contributed by atoms with Crippen molar-refractivity contribution in [2.75, 3.05) is 4.90 Å². The number of fused-ring (bicyclic) bond motifs is 2. The Hall–Kier alpha value is -7.14. The molecule has 246 valence electrons. The average Bonchev–Trinajstić information content (AvgIpc) is 3.21. The van der Waals surface area contributed by atoms with Gasteiger partial charge in [0.25, 0.3) is 5.70 Å². The molecule has 0 amide bonds. The van der Waals surface area contributed by atoms with E-state index in [2.05, 4.69) is 125 Å². The van der Waals surface area contributed by atoms with Crippen LogP contribution in [0.5, 0.6) is 0 Å². The zero-order valence-corrected chi connectivity index (χ0v) is 28.4. The summed E-state index contributed by atoms with van der Waals surface area (Å²) >= 11 is 0. The van der Waals surface area contributed by atoms with Gasteiger partial charge in [-0.15, -0.1) is 0 Å². The molecule has 0 fully saturated rings. The molecular formula is C48H33N3O. The maximum Gasteiger partial charge on any atom is 0.265 e. The Balaban J connectivity index is 1.17. The average molecular weight is 668 g/mol. The Morgan fingerprint density at radius 3 is 1.63 bits per heavy atom. The van der Waals surface area contributed by atoms with Gasteiger partial charge in [-0.25, -0.2) is 10.1 Å². The Bertz CT molecular complexity index is 2450. The van der Waals surface area contributed by atoms with Gasteiger partial charge in [-0.1, -0.05) is 140 Å². The highest BCUT2D eigenvalue weighted by molar-refractivity contribution is 5.92. The summed E-state index contributed by atoms with van der Waals surface area (Å²) in [7, 11) is 0. The molecule has 8 rings (SSSR count). The van der Waals surface area contributed by atoms with Gasteiger partial charge in [-0.3, -0.25) is 0 Å². The van der Waals surface area contributed by atoms with Gasteiger partial charge in [0, 0.05) is 34.6 Å². The number of benzene rings is 7. The summed E-state index contributed by atoms with van der Waals surface area (Å²) in [6.07, 6.45) is 6.13. The van der Waals surface area contributed by atoms with Gasteiger partial charge >= 0.3 is 0 Å². The van der Waals surface area contributed by atoms with Gasteiger partial charge in [0.1, 0.15) is 5.76 Å². The lowest BCUT2D eigenvalue weighted by Crippen LogP contribution is -2.34. The van der Waals surface area contributed by atoms with E-state index < -0.39 is 5.60 Å². The van der Waals surface area contributed by atoms with Crippen LogP contribution in [-0.2, 0) is 10.3 Å². The minimum Gasteiger partial charge on any atom is -0.478 e. The standard InChI is InChI=1S/C48H33N3O/c1-50-47(34-49)40-32-46(52-48(33-40,41-16-4-2-5-17-41)42-18-6-3-7-19-42)29-22-35-20-25-43(26-21-35)51(44-27-23-36-12-8-10-14-38(36)30-44)45-28-24-37-13-9-11-15-39(37)31-45/h2-32H,33H2/b29-22+,47-40+. The monoisotopic (exact) mass is 667 g/mol. The summed E-state index contributed by atoms with van der Waals surface area (Å²) in [6.45, 7) is 7.75. The first-order valence-electron chi connectivity index (χ1n) is 17.2. The molecule has 7 aromatic carbocycles. The smallest absolute Gasteiger partial charge is 0.265 e. The molecule has 1 heterocycles. The molecule has 0 spiro atoms. The van der Waals surface area contributed by atoms with E-state index in [1.807, 2.05) is 78.9 Å². The van der Waals surface area contributed by atoms with Crippen LogP contribution >= 0.6 is 0 Å². The second-order valence-electron chi connectivity index (χ2n) is 12.8. The summed E-state index contributed by atoms with van der Waals surface area (Å²) < 4.78 is 6.90. The Kier molecular flexibility index (Phi) is 8.64. The van der Waals surface area contributed by atoms with Gasteiger partial charge in [-0.05, 0) is 81.2 Å². The van der Waals surface area contributed by atoms with E-state index in [1.165, 1.54) is 21.5 Å². The van der Waals surface area contributed by atoms with Crippen LogP contribution in [0.15, 0.2) is 199 Å². The third kappa shape index (κ3) is 6.22. The largest absolute Gasteiger partial charge is 0.478 e. The van der Waals surface area contributed by atoms with Crippen molar-refractivity contribution in [1.29, 1.82) is 5.26 Å². The van der Waals surface area contributed by atoms with Crippen LogP contribution in [0.1, 0.15) is 23.1 Å². The molecule has 7 aromatic rings. The van der Waals surface area contributed by atoms with Crippen molar-refractivity contribution >= 4 is 44.7 Å². The van der Waals surface area contributed by atoms with E-state index in [9.17, 15) is 5.26 Å². The lowest BCUT2D eigenvalue weighted by molar-refractivity contribution is 0.0348. The number of ether oxygens (including phenoxy) is 1. The molecule has 4 nitrogen and oxygen atoms in total. The fraction of sp³-hybridized carbons (Fsp3) is 0.0417. The highest BCUT2D eigenvalue weighted by Crippen LogP contribution is 2.46. The molecule has 0 N–H and O–H groups in total. The van der Waals surface area contributed by atoms with Crippen molar-refractivity contribution in [3.05, 3.63) is 227 Å². The molecule has 1 aliphatic rings. The second kappa shape index (κ2) is 14.0. The number of nitriles is 1. The van der Waals surface area contributed by atoms with Crippen molar-refractivity contribution in [2.24, 2.45) is 0 Å². The minimum atomic E-state index is -0.914. The molecule has 0 atom stereocenters. The number of rotatable bonds is 7. The van der Waals surface area contributed by atoms with Gasteiger partial charge in [0.15, 0.2) is 5.60 Å². The Morgan fingerprint density at radius 2 is 1.12 bits per heavy atom. The molecule has 0 unspecified atom stereocenters. The molecule has 0 aliphatic carbocycles. The predicted octanol–water partition coefficient (Wildman–Crippen LogP) is 12.4. The third-order valence-corrected chi connectivity index (χ3v) is 9.62. The van der Waals surface area contributed by atoms with Crippen molar-refractivity contribution in [3.8, 4) is 6.07 Å². The van der Waals surface area contributed by atoms with Crippen LogP contribution in [0.3, 0.4) is 0 Å². The van der Waals surface area contributed by atoms with Crippen LogP contribution in [0.2, 0.25) is 0 Å². The van der Waals surface area contributed by atoms with Crippen LogP contribution in [0.25, 0.3) is 32.5 Å². The molecule has 0 aromatic heterocycles. The van der Waals surface area contributed by atoms with E-state index in [-0.39, 0.29) is 5.70 Å². The summed E-state index contributed by atoms with van der Waals surface area (Å²) in [6, 6.07) is 60.7. The highest BCUT2D eigenvalue weighted by atomic mass is 16.5. The number of hydrogen-bond donors (Lipinski definition) is 0. The third-order valence-electron chi connectivity index (χ3n) is 9.62. The zero-order chi connectivity index (χ0) is 35.3. The molecule has 0 saturated heterocycles. The Morgan fingerprint density at radius 1 is 0.615 bits per heavy atom. The van der Waals surface area contributed by atoms with Gasteiger partial charge in [0.2, 0.25) is 0 Å². The normalized spacial score (nSPS) is 14.6. The van der Waals surface area contributed by atoms with Crippen molar-refractivity contribution in [3.63, 3.8) is 0 Å². The number of anilines is 3. The number of allylic oxidation sites excluding steroid dienone is 3. The topological polar surface area (TPSA) is 40.6 Å². The van der Waals surface area contributed by atoms with E-state index in [1.54, 1.807) is 0 Å². The maximum absolute atomic E-state index is 9.91. The SMILES string of the molecule is [C-]#[N+]/C(C#N)=C1C=C(/C=C/c2ccc(N(c3ccc4ccccc4c3)c3ccc4ccccc4c3)cc2)OC(c2ccccc2)(c2ccccc2)C\1. The molecular weight excluding hydrogens is 635 g/mol. The summed E-state index contributed by atoms with van der Waals surface area (Å²) in [4.78, 5) is 5.87. The molecule has 0 saturated carbocycles.